The number of rotatable bonds is 7. The van der Waals surface area contributed by atoms with Crippen molar-refractivity contribution in [2.45, 2.75) is 50.7 Å². The lowest BCUT2D eigenvalue weighted by molar-refractivity contribution is 0.182. The second kappa shape index (κ2) is 8.44. The second-order valence-corrected chi connectivity index (χ2v) is 10.7. The van der Waals surface area contributed by atoms with Gasteiger partial charge in [-0.1, -0.05) is 0 Å². The lowest BCUT2D eigenvalue weighted by atomic mass is 10.00. The number of aromatic amines is 1. The normalized spacial score (nSPS) is 25.9. The summed E-state index contributed by atoms with van der Waals surface area (Å²) in [6.45, 7) is 2.50. The summed E-state index contributed by atoms with van der Waals surface area (Å²) in [5, 5.41) is 22.6. The molecule has 13 heteroatoms. The average Bonchev–Trinajstić information content (AvgIpc) is 3.27. The van der Waals surface area contributed by atoms with Gasteiger partial charge < -0.3 is 15.4 Å². The molecule has 5 rings (SSSR count). The summed E-state index contributed by atoms with van der Waals surface area (Å²) in [5.74, 6) is 1.82. The van der Waals surface area contributed by atoms with E-state index in [0.29, 0.717) is 49.4 Å². The summed E-state index contributed by atoms with van der Waals surface area (Å²) >= 11 is 0. The molecule has 176 valence electrons. The highest BCUT2D eigenvalue weighted by Gasteiger charge is 2.51. The summed E-state index contributed by atoms with van der Waals surface area (Å²) in [6.07, 6.45) is 3.02. The zero-order valence-corrected chi connectivity index (χ0v) is 19.3. The molecule has 33 heavy (non-hydrogen) atoms. The Hall–Kier alpha value is -2.95. The van der Waals surface area contributed by atoms with Crippen LogP contribution in [0.1, 0.15) is 31.4 Å². The molecule has 3 aliphatic rings. The maximum atomic E-state index is 13.1. The Morgan fingerprint density at radius 1 is 1.18 bits per heavy atom. The van der Waals surface area contributed by atoms with Crippen molar-refractivity contribution in [2.75, 3.05) is 30.8 Å². The molecule has 5 heterocycles. The maximum Gasteiger partial charge on any atom is 0.282 e. The van der Waals surface area contributed by atoms with Crippen molar-refractivity contribution in [1.82, 2.24) is 28.8 Å². The first-order valence-corrected chi connectivity index (χ1v) is 12.4. The average molecular weight is 474 g/mol. The van der Waals surface area contributed by atoms with Gasteiger partial charge in [-0.2, -0.15) is 37.4 Å². The monoisotopic (exact) mass is 473 g/mol. The van der Waals surface area contributed by atoms with Gasteiger partial charge in [0.25, 0.3) is 10.2 Å². The quantitative estimate of drug-likeness (QED) is 0.541. The van der Waals surface area contributed by atoms with Crippen LogP contribution >= 0.6 is 0 Å². The molecular weight excluding hydrogens is 446 g/mol. The molecule has 0 radical (unpaired) electrons. The van der Waals surface area contributed by atoms with Crippen LogP contribution in [0.25, 0.3) is 0 Å². The molecule has 3 saturated heterocycles. The molecule has 0 aliphatic carbocycles. The number of ether oxygens (including phenoxy) is 1. The number of H-pyrrole nitrogens is 1. The number of fused-ring (bicyclic) bond motifs is 2. The van der Waals surface area contributed by atoms with E-state index in [4.69, 9.17) is 10.00 Å². The van der Waals surface area contributed by atoms with E-state index < -0.39 is 10.2 Å². The summed E-state index contributed by atoms with van der Waals surface area (Å²) in [5.41, 5.74) is 0.926. The van der Waals surface area contributed by atoms with Crippen LogP contribution in [0.15, 0.2) is 12.1 Å². The summed E-state index contributed by atoms with van der Waals surface area (Å²) in [7, 11) is -1.99. The highest BCUT2D eigenvalue weighted by molar-refractivity contribution is 7.86. The fraction of sp³-hybridized carbons (Fsp3) is 0.600. The van der Waals surface area contributed by atoms with E-state index in [2.05, 4.69) is 36.9 Å². The van der Waals surface area contributed by atoms with Gasteiger partial charge in [0, 0.05) is 49.0 Å². The minimum Gasteiger partial charge on any atom is -0.481 e. The number of methoxy groups -OCH3 is 1. The summed E-state index contributed by atoms with van der Waals surface area (Å²) in [4.78, 5) is 8.96. The van der Waals surface area contributed by atoms with Crippen LogP contribution in [0.3, 0.4) is 0 Å². The molecule has 3 aliphatic heterocycles. The van der Waals surface area contributed by atoms with E-state index in [-0.39, 0.29) is 24.0 Å². The van der Waals surface area contributed by atoms with E-state index in [9.17, 15) is 8.42 Å². The smallest absolute Gasteiger partial charge is 0.282 e. The number of hydrogen-bond donors (Lipinski definition) is 3. The minimum atomic E-state index is -3.53. The maximum absolute atomic E-state index is 13.1. The first kappa shape index (κ1) is 21.9. The molecule has 2 aromatic rings. The van der Waals surface area contributed by atoms with Crippen LogP contribution in [0.4, 0.5) is 17.6 Å². The molecule has 2 bridgehead atoms. The second-order valence-electron chi connectivity index (χ2n) is 8.86. The number of nitrogens with zero attached hydrogens (tertiary/aromatic N) is 6. The first-order chi connectivity index (χ1) is 15.9. The zero-order chi connectivity index (χ0) is 23.2. The third-order valence-electron chi connectivity index (χ3n) is 6.50. The number of piperidine rings is 1. The topological polar surface area (TPSA) is 152 Å². The third kappa shape index (κ3) is 4.21. The van der Waals surface area contributed by atoms with E-state index >= 15 is 0 Å². The number of anilines is 3. The summed E-state index contributed by atoms with van der Waals surface area (Å²) in [6, 6.07) is 5.61. The Morgan fingerprint density at radius 3 is 2.52 bits per heavy atom. The standard InChI is InChI=1S/C20H27N9O3S/c1-12-5-18(27-26-12)23-17-8-19(32-2)25-20(24-17)22-14-6-15-3-4-16(7-14)29(15)33(30,31)28-10-13(9-21)11-28/h5,8,13-16H,3-4,6-7,10-11H2,1-2H3,(H3,22,23,24,25,26,27)/t14-,15-,16+. The molecule has 0 unspecified atom stereocenters. The Bertz CT molecular complexity index is 1160. The molecule has 2 aromatic heterocycles. The SMILES string of the molecule is COc1cc(Nc2cc(C)[nH]n2)nc(N[C@@H]2C[C@H]3CC[C@@H](C2)N3S(=O)(=O)N2CC(C#N)C2)n1. The number of aryl methyl sites for hydroxylation is 1. The molecule has 0 spiro atoms. The van der Waals surface area contributed by atoms with Gasteiger partial charge in [0.2, 0.25) is 11.8 Å². The van der Waals surface area contributed by atoms with Crippen molar-refractivity contribution in [3.05, 3.63) is 17.8 Å². The van der Waals surface area contributed by atoms with Crippen molar-refractivity contribution in [1.29, 1.82) is 5.26 Å². The van der Waals surface area contributed by atoms with Gasteiger partial charge in [0.15, 0.2) is 5.82 Å². The Labute approximate surface area is 192 Å². The fourth-order valence-electron chi connectivity index (χ4n) is 4.92. The molecule has 0 saturated carbocycles. The minimum absolute atomic E-state index is 0.0461. The van der Waals surface area contributed by atoms with Crippen LogP contribution < -0.4 is 15.4 Å². The fourth-order valence-corrected chi connectivity index (χ4v) is 7.06. The molecule has 3 N–H and O–H groups in total. The third-order valence-corrected chi connectivity index (χ3v) is 8.58. The molecule has 3 atom stereocenters. The van der Waals surface area contributed by atoms with Crippen LogP contribution in [-0.2, 0) is 10.2 Å². The van der Waals surface area contributed by atoms with E-state index in [0.717, 1.165) is 18.5 Å². The van der Waals surface area contributed by atoms with Gasteiger partial charge in [0.05, 0.1) is 19.1 Å². The Kier molecular flexibility index (Phi) is 5.59. The van der Waals surface area contributed by atoms with Crippen molar-refractivity contribution in [2.24, 2.45) is 5.92 Å². The van der Waals surface area contributed by atoms with E-state index in [1.807, 2.05) is 13.0 Å². The largest absolute Gasteiger partial charge is 0.481 e. The zero-order valence-electron chi connectivity index (χ0n) is 18.5. The summed E-state index contributed by atoms with van der Waals surface area (Å²) < 4.78 is 34.7. The van der Waals surface area contributed by atoms with Crippen molar-refractivity contribution in [3.63, 3.8) is 0 Å². The van der Waals surface area contributed by atoms with Gasteiger partial charge >= 0.3 is 0 Å². The van der Waals surface area contributed by atoms with Gasteiger partial charge in [-0.05, 0) is 32.6 Å². The van der Waals surface area contributed by atoms with E-state index in [1.165, 1.54) is 4.31 Å². The lowest BCUT2D eigenvalue weighted by Crippen LogP contribution is -2.59. The van der Waals surface area contributed by atoms with Crippen LogP contribution in [-0.4, -0.2) is 75.5 Å². The van der Waals surface area contributed by atoms with Gasteiger partial charge in [-0.25, -0.2) is 0 Å². The van der Waals surface area contributed by atoms with Crippen molar-refractivity contribution < 1.29 is 13.2 Å². The highest BCUT2D eigenvalue weighted by atomic mass is 32.2. The number of hydrogen-bond acceptors (Lipinski definition) is 9. The molecule has 3 fully saturated rings. The highest BCUT2D eigenvalue weighted by Crippen LogP contribution is 2.40. The van der Waals surface area contributed by atoms with Gasteiger partial charge in [0.1, 0.15) is 5.82 Å². The number of aromatic nitrogens is 4. The van der Waals surface area contributed by atoms with Crippen molar-refractivity contribution in [3.8, 4) is 11.9 Å². The molecule has 0 amide bonds. The predicted octanol–water partition coefficient (Wildman–Crippen LogP) is 1.37. The first-order valence-electron chi connectivity index (χ1n) is 11.0. The van der Waals surface area contributed by atoms with Crippen molar-refractivity contribution >= 4 is 27.8 Å². The molecule has 0 aromatic carbocycles. The lowest BCUT2D eigenvalue weighted by Gasteiger charge is -2.43. The Morgan fingerprint density at radius 2 is 1.91 bits per heavy atom. The number of nitriles is 1. The van der Waals surface area contributed by atoms with Gasteiger partial charge in [-0.15, -0.1) is 0 Å². The van der Waals surface area contributed by atoms with Gasteiger partial charge in [-0.3, -0.25) is 5.10 Å². The Balaban J connectivity index is 1.28. The van der Waals surface area contributed by atoms with E-state index in [1.54, 1.807) is 17.5 Å². The molecule has 12 nitrogen and oxygen atoms in total. The van der Waals surface area contributed by atoms with Crippen LogP contribution in [0.5, 0.6) is 5.88 Å². The predicted molar refractivity (Wildman–Crippen MR) is 120 cm³/mol. The van der Waals surface area contributed by atoms with Crippen LogP contribution in [0, 0.1) is 24.2 Å². The molecular formula is C20H27N9O3S. The number of nitrogens with one attached hydrogen (secondary N) is 3. The van der Waals surface area contributed by atoms with Crippen LogP contribution in [0.2, 0.25) is 0 Å².